The van der Waals surface area contributed by atoms with Crippen molar-refractivity contribution in [2.75, 3.05) is 17.7 Å². The quantitative estimate of drug-likeness (QED) is 0.566. The van der Waals surface area contributed by atoms with Crippen molar-refractivity contribution in [3.05, 3.63) is 41.7 Å². The van der Waals surface area contributed by atoms with Gasteiger partial charge < -0.3 is 10.6 Å². The number of anilines is 3. The Morgan fingerprint density at radius 2 is 1.95 bits per heavy atom. The van der Waals surface area contributed by atoms with Gasteiger partial charge in [0.2, 0.25) is 5.95 Å². The van der Waals surface area contributed by atoms with Crippen LogP contribution in [0.3, 0.4) is 0 Å². The fourth-order valence-electron chi connectivity index (χ4n) is 2.12. The molecule has 0 unspecified atom stereocenters. The summed E-state index contributed by atoms with van der Waals surface area (Å²) in [7, 11) is 1.73. The molecule has 1 aromatic carbocycles. The Labute approximate surface area is 132 Å². The third-order valence-electron chi connectivity index (χ3n) is 3.14. The van der Waals surface area contributed by atoms with E-state index in [0.717, 1.165) is 10.8 Å². The number of benzene rings is 1. The van der Waals surface area contributed by atoms with E-state index >= 15 is 0 Å². The van der Waals surface area contributed by atoms with Gasteiger partial charge in [0.15, 0.2) is 11.0 Å². The van der Waals surface area contributed by atoms with Crippen LogP contribution >= 0.6 is 11.6 Å². The van der Waals surface area contributed by atoms with Crippen LogP contribution in [0.15, 0.2) is 41.5 Å². The molecule has 0 aliphatic heterocycles. The zero-order chi connectivity index (χ0) is 15.5. The van der Waals surface area contributed by atoms with Gasteiger partial charge in [-0.3, -0.25) is 4.99 Å². The molecule has 0 saturated carbocycles. The van der Waals surface area contributed by atoms with Gasteiger partial charge in [0.25, 0.3) is 0 Å². The maximum Gasteiger partial charge on any atom is 0.231 e. The number of hydrogen-bond donors (Lipinski definition) is 2. The second-order valence-corrected chi connectivity index (χ2v) is 4.81. The molecule has 0 aliphatic carbocycles. The van der Waals surface area contributed by atoms with Crippen LogP contribution in [0.4, 0.5) is 23.3 Å². The Morgan fingerprint density at radius 3 is 2.73 bits per heavy atom. The minimum atomic E-state index is 0.220. The number of aromatic nitrogens is 3. The van der Waals surface area contributed by atoms with E-state index in [1.807, 2.05) is 30.3 Å². The molecule has 3 rings (SSSR count). The summed E-state index contributed by atoms with van der Waals surface area (Å²) in [6.45, 7) is 3.47. The van der Waals surface area contributed by atoms with Crippen molar-refractivity contribution in [2.45, 2.75) is 0 Å². The molecule has 6 nitrogen and oxygen atoms in total. The molecule has 0 aliphatic rings. The molecule has 0 fully saturated rings. The first kappa shape index (κ1) is 14.2. The Bertz CT molecular complexity index is 843. The molecule has 2 aromatic heterocycles. The van der Waals surface area contributed by atoms with Crippen molar-refractivity contribution in [1.29, 1.82) is 0 Å². The number of nitrogens with one attached hydrogen (secondary N) is 2. The van der Waals surface area contributed by atoms with E-state index in [-0.39, 0.29) is 5.15 Å². The fraction of sp³-hybridized carbons (Fsp3) is 0.0667. The summed E-state index contributed by atoms with van der Waals surface area (Å²) in [6.07, 6.45) is 1.73. The lowest BCUT2D eigenvalue weighted by Gasteiger charge is -2.10. The number of aliphatic imine (C=N–C) groups is 1. The van der Waals surface area contributed by atoms with E-state index in [0.29, 0.717) is 23.3 Å². The van der Waals surface area contributed by atoms with Gasteiger partial charge in [0.05, 0.1) is 0 Å². The van der Waals surface area contributed by atoms with Crippen LogP contribution in [0.1, 0.15) is 0 Å². The van der Waals surface area contributed by atoms with Crippen molar-refractivity contribution in [1.82, 2.24) is 15.0 Å². The molecule has 0 amide bonds. The third kappa shape index (κ3) is 2.56. The molecule has 110 valence electrons. The summed E-state index contributed by atoms with van der Waals surface area (Å²) in [5, 5.41) is 8.28. The average molecular weight is 313 g/mol. The topological polar surface area (TPSA) is 75.1 Å². The number of pyridine rings is 1. The normalized spacial score (nSPS) is 10.5. The van der Waals surface area contributed by atoms with Gasteiger partial charge in [-0.15, -0.1) is 0 Å². The molecule has 3 aromatic rings. The van der Waals surface area contributed by atoms with E-state index < -0.39 is 0 Å². The SMILES string of the molecule is C=Nc1c(Cl)nc(Nc2nccc3ccccc23)nc1NC. The van der Waals surface area contributed by atoms with Crippen molar-refractivity contribution in [3.63, 3.8) is 0 Å². The second kappa shape index (κ2) is 5.95. The molecular weight excluding hydrogens is 300 g/mol. The van der Waals surface area contributed by atoms with E-state index in [1.165, 1.54) is 0 Å². The van der Waals surface area contributed by atoms with Crippen LogP contribution in [0, 0.1) is 0 Å². The summed E-state index contributed by atoms with van der Waals surface area (Å²) in [5.74, 6) is 1.50. The molecule has 0 atom stereocenters. The lowest BCUT2D eigenvalue weighted by molar-refractivity contribution is 1.14. The zero-order valence-corrected chi connectivity index (χ0v) is 12.6. The average Bonchev–Trinajstić information content (AvgIpc) is 2.54. The molecule has 0 spiro atoms. The maximum absolute atomic E-state index is 6.11. The van der Waals surface area contributed by atoms with Crippen LogP contribution in [0.25, 0.3) is 10.8 Å². The van der Waals surface area contributed by atoms with Gasteiger partial charge in [0, 0.05) is 18.6 Å². The van der Waals surface area contributed by atoms with Gasteiger partial charge in [-0.05, 0) is 18.2 Å². The standard InChI is InChI=1S/C15H13ClN6/c1-17-11-12(16)20-15(22-14(11)18-2)21-13-10-6-4-3-5-9(10)7-8-19-13/h3-8H,1H2,2H3,(H2,18,19,20,21,22). The number of halogens is 1. The van der Waals surface area contributed by atoms with Crippen LogP contribution in [-0.4, -0.2) is 28.7 Å². The highest BCUT2D eigenvalue weighted by molar-refractivity contribution is 6.32. The summed E-state index contributed by atoms with van der Waals surface area (Å²) >= 11 is 6.11. The summed E-state index contributed by atoms with van der Waals surface area (Å²) in [5.41, 5.74) is 0.417. The zero-order valence-electron chi connectivity index (χ0n) is 11.8. The summed E-state index contributed by atoms with van der Waals surface area (Å²) in [4.78, 5) is 16.7. The predicted molar refractivity (Wildman–Crippen MR) is 90.8 cm³/mol. The van der Waals surface area contributed by atoms with Gasteiger partial charge in [-0.1, -0.05) is 35.9 Å². The van der Waals surface area contributed by atoms with Crippen molar-refractivity contribution >= 4 is 52.4 Å². The van der Waals surface area contributed by atoms with E-state index in [4.69, 9.17) is 11.6 Å². The predicted octanol–water partition coefficient (Wildman–Crippen LogP) is 3.80. The second-order valence-electron chi connectivity index (χ2n) is 4.45. The minimum absolute atomic E-state index is 0.220. The largest absolute Gasteiger partial charge is 0.371 e. The first-order valence-corrected chi connectivity index (χ1v) is 6.93. The van der Waals surface area contributed by atoms with Crippen LogP contribution in [-0.2, 0) is 0 Å². The highest BCUT2D eigenvalue weighted by Gasteiger charge is 2.12. The highest BCUT2D eigenvalue weighted by atomic mass is 35.5. The summed E-state index contributed by atoms with van der Waals surface area (Å²) in [6, 6.07) is 9.86. The van der Waals surface area contributed by atoms with Gasteiger partial charge in [-0.2, -0.15) is 9.97 Å². The van der Waals surface area contributed by atoms with E-state index in [2.05, 4.69) is 37.3 Å². The van der Waals surface area contributed by atoms with Crippen LogP contribution in [0.5, 0.6) is 0 Å². The number of rotatable bonds is 4. The molecule has 2 heterocycles. The highest BCUT2D eigenvalue weighted by Crippen LogP contribution is 2.32. The molecule has 7 heteroatoms. The van der Waals surface area contributed by atoms with Gasteiger partial charge in [0.1, 0.15) is 11.5 Å². The summed E-state index contributed by atoms with van der Waals surface area (Å²) < 4.78 is 0. The molecular formula is C15H13ClN6. The first-order chi connectivity index (χ1) is 10.7. The van der Waals surface area contributed by atoms with E-state index in [9.17, 15) is 0 Å². The number of fused-ring (bicyclic) bond motifs is 1. The van der Waals surface area contributed by atoms with Crippen molar-refractivity contribution in [2.24, 2.45) is 4.99 Å². The van der Waals surface area contributed by atoms with Crippen molar-refractivity contribution in [3.8, 4) is 0 Å². The molecule has 22 heavy (non-hydrogen) atoms. The Kier molecular flexibility index (Phi) is 3.84. The molecule has 2 N–H and O–H groups in total. The maximum atomic E-state index is 6.11. The van der Waals surface area contributed by atoms with Gasteiger partial charge >= 0.3 is 0 Å². The fourth-order valence-corrected chi connectivity index (χ4v) is 2.35. The third-order valence-corrected chi connectivity index (χ3v) is 3.40. The minimum Gasteiger partial charge on any atom is -0.371 e. The molecule has 0 radical (unpaired) electrons. The smallest absolute Gasteiger partial charge is 0.231 e. The van der Waals surface area contributed by atoms with Crippen molar-refractivity contribution < 1.29 is 0 Å². The lowest BCUT2D eigenvalue weighted by atomic mass is 10.1. The molecule has 0 bridgehead atoms. The van der Waals surface area contributed by atoms with Gasteiger partial charge in [-0.25, -0.2) is 4.98 Å². The van der Waals surface area contributed by atoms with Crippen LogP contribution in [0.2, 0.25) is 5.15 Å². The lowest BCUT2D eigenvalue weighted by Crippen LogP contribution is -2.03. The first-order valence-electron chi connectivity index (χ1n) is 6.55. The monoisotopic (exact) mass is 312 g/mol. The van der Waals surface area contributed by atoms with Crippen LogP contribution < -0.4 is 10.6 Å². The Morgan fingerprint density at radius 1 is 1.14 bits per heavy atom. The number of hydrogen-bond acceptors (Lipinski definition) is 6. The van der Waals surface area contributed by atoms with E-state index in [1.54, 1.807) is 13.2 Å². The number of nitrogens with zero attached hydrogens (tertiary/aromatic N) is 4. The molecule has 0 saturated heterocycles. The Balaban J connectivity index is 2.05. The Hall–Kier alpha value is -2.73.